The minimum absolute atomic E-state index is 0.553. The molecule has 0 amide bonds. The Hall–Kier alpha value is -1.72. The van der Waals surface area contributed by atoms with Crippen LogP contribution in [0.4, 0.5) is 17.6 Å². The molecule has 2 saturated heterocycles. The van der Waals surface area contributed by atoms with Gasteiger partial charge in [-0.25, -0.2) is 0 Å². The first-order chi connectivity index (χ1) is 20.7. The summed E-state index contributed by atoms with van der Waals surface area (Å²) in [7, 11) is 0. The predicted molar refractivity (Wildman–Crippen MR) is 171 cm³/mol. The number of rotatable bonds is 14. The summed E-state index contributed by atoms with van der Waals surface area (Å²) >= 11 is 0. The zero-order valence-electron chi connectivity index (χ0n) is 25.9. The molecule has 3 atom stereocenters. The summed E-state index contributed by atoms with van der Waals surface area (Å²) in [6.45, 7) is 14.7. The molecule has 236 valence electrons. The smallest absolute Gasteiger partial charge is 0.226 e. The number of morpholine rings is 1. The lowest BCUT2D eigenvalue weighted by Gasteiger charge is -2.37. The van der Waals surface area contributed by atoms with E-state index in [1.165, 1.54) is 70.9 Å². The van der Waals surface area contributed by atoms with Crippen molar-refractivity contribution in [2.75, 3.05) is 108 Å². The van der Waals surface area contributed by atoms with E-state index in [0.29, 0.717) is 17.7 Å². The monoisotopic (exact) mass is 583 g/mol. The number of nitrogens with two attached hydrogens (primary N) is 1. The lowest BCUT2D eigenvalue weighted by atomic mass is 9.82. The highest BCUT2D eigenvalue weighted by atomic mass is 16.5. The van der Waals surface area contributed by atoms with E-state index in [-0.39, 0.29) is 0 Å². The zero-order chi connectivity index (χ0) is 28.6. The van der Waals surface area contributed by atoms with Gasteiger partial charge in [0.2, 0.25) is 5.95 Å². The average Bonchev–Trinajstić information content (AvgIpc) is 3.66. The van der Waals surface area contributed by atoms with E-state index in [1.807, 2.05) is 6.07 Å². The predicted octanol–water partition coefficient (Wildman–Crippen LogP) is 2.49. The van der Waals surface area contributed by atoms with Crippen LogP contribution in [0.1, 0.15) is 57.8 Å². The second kappa shape index (κ2) is 15.3. The number of anilines is 3. The Morgan fingerprint density at radius 2 is 1.55 bits per heavy atom. The van der Waals surface area contributed by atoms with E-state index in [1.54, 1.807) is 0 Å². The first-order valence-corrected chi connectivity index (χ1v) is 17.3. The molecule has 3 heterocycles. The second-order valence-electron chi connectivity index (χ2n) is 13.8. The van der Waals surface area contributed by atoms with Crippen molar-refractivity contribution in [3.05, 3.63) is 6.07 Å². The van der Waals surface area contributed by atoms with Crippen molar-refractivity contribution in [3.8, 4) is 0 Å². The maximum absolute atomic E-state index is 6.22. The number of fused-ring (bicyclic) bond motifs is 2. The van der Waals surface area contributed by atoms with Gasteiger partial charge >= 0.3 is 0 Å². The molecule has 5 fully saturated rings. The highest BCUT2D eigenvalue weighted by molar-refractivity contribution is 5.51. The molecular weight excluding hydrogens is 526 g/mol. The third-order valence-electron chi connectivity index (χ3n) is 10.9. The van der Waals surface area contributed by atoms with E-state index in [2.05, 4.69) is 35.6 Å². The van der Waals surface area contributed by atoms with Gasteiger partial charge in [-0.1, -0.05) is 6.42 Å². The summed E-state index contributed by atoms with van der Waals surface area (Å²) in [6, 6.07) is 2.75. The number of aromatic nitrogens is 2. The Bertz CT molecular complexity index is 944. The Morgan fingerprint density at radius 3 is 2.26 bits per heavy atom. The van der Waals surface area contributed by atoms with Gasteiger partial charge < -0.3 is 31.3 Å². The Balaban J connectivity index is 0.832. The summed E-state index contributed by atoms with van der Waals surface area (Å²) in [5.74, 6) is 5.73. The number of nitrogens with zero attached hydrogens (tertiary/aromatic N) is 5. The minimum Gasteiger partial charge on any atom is -0.383 e. The SMILES string of the molecule is Nc1cc(N2CCN(CCN3CCOCC3)CC2)nc(NCC2CCC(CNCCCNC3C[C@@H]4CCC3C4)CC2)n1. The van der Waals surface area contributed by atoms with Gasteiger partial charge in [-0.2, -0.15) is 9.97 Å². The molecule has 5 N–H and O–H groups in total. The van der Waals surface area contributed by atoms with Gasteiger partial charge in [0.15, 0.2) is 0 Å². The summed E-state index contributed by atoms with van der Waals surface area (Å²) in [5.41, 5.74) is 6.22. The van der Waals surface area contributed by atoms with Crippen LogP contribution >= 0.6 is 0 Å². The van der Waals surface area contributed by atoms with Crippen LogP contribution in [0.25, 0.3) is 0 Å². The fourth-order valence-electron chi connectivity index (χ4n) is 8.18. The van der Waals surface area contributed by atoms with Crippen molar-refractivity contribution >= 4 is 17.6 Å². The Labute approximate surface area is 253 Å². The standard InChI is InChI=1S/C32H57N9O/c33-30-22-31(41-14-12-39(13-15-41)10-11-40-16-18-42-19-17-40)38-32(37-30)36-24-26-4-2-25(3-5-26)23-34-8-1-9-35-29-21-27-6-7-28(29)20-27/h22,25-29,34-35H,1-21,23-24H2,(H3,33,36,37,38)/t25?,26?,27-,28?,29?/m1/s1. The molecule has 6 rings (SSSR count). The second-order valence-corrected chi connectivity index (χ2v) is 13.8. The zero-order valence-corrected chi connectivity index (χ0v) is 25.9. The van der Waals surface area contributed by atoms with Crippen LogP contribution in [0.3, 0.4) is 0 Å². The number of hydrogen-bond donors (Lipinski definition) is 4. The summed E-state index contributed by atoms with van der Waals surface area (Å²) in [4.78, 5) is 16.8. The molecule has 1 aromatic heterocycles. The van der Waals surface area contributed by atoms with Gasteiger partial charge in [-0.3, -0.25) is 9.80 Å². The molecule has 3 saturated carbocycles. The van der Waals surface area contributed by atoms with Crippen LogP contribution < -0.4 is 26.6 Å². The Kier molecular flexibility index (Phi) is 11.1. The maximum Gasteiger partial charge on any atom is 0.226 e. The maximum atomic E-state index is 6.22. The van der Waals surface area contributed by atoms with Crippen LogP contribution in [0.15, 0.2) is 6.07 Å². The Morgan fingerprint density at radius 1 is 0.810 bits per heavy atom. The van der Waals surface area contributed by atoms with E-state index >= 15 is 0 Å². The van der Waals surface area contributed by atoms with Crippen molar-refractivity contribution in [3.63, 3.8) is 0 Å². The van der Waals surface area contributed by atoms with Crippen LogP contribution in [0.2, 0.25) is 0 Å². The van der Waals surface area contributed by atoms with Crippen LogP contribution in [0.5, 0.6) is 0 Å². The highest BCUT2D eigenvalue weighted by Gasteiger charge is 2.38. The minimum atomic E-state index is 0.553. The van der Waals surface area contributed by atoms with Gasteiger partial charge in [0.05, 0.1) is 13.2 Å². The van der Waals surface area contributed by atoms with Crippen molar-refractivity contribution in [1.82, 2.24) is 30.4 Å². The van der Waals surface area contributed by atoms with Gasteiger partial charge in [-0.05, 0) is 94.7 Å². The molecule has 10 heteroatoms. The highest BCUT2D eigenvalue weighted by Crippen LogP contribution is 2.44. The molecule has 10 nitrogen and oxygen atoms in total. The number of nitrogens with one attached hydrogen (secondary N) is 3. The molecular formula is C32H57N9O. The molecule has 3 aliphatic carbocycles. The van der Waals surface area contributed by atoms with Gasteiger partial charge in [0.25, 0.3) is 0 Å². The summed E-state index contributed by atoms with van der Waals surface area (Å²) in [6.07, 6.45) is 12.4. The summed E-state index contributed by atoms with van der Waals surface area (Å²) < 4.78 is 5.48. The third kappa shape index (κ3) is 8.68. The third-order valence-corrected chi connectivity index (χ3v) is 10.9. The molecule has 0 radical (unpaired) electrons. The molecule has 1 aromatic rings. The molecule has 0 spiro atoms. The largest absolute Gasteiger partial charge is 0.383 e. The van der Waals surface area contributed by atoms with Gasteiger partial charge in [0.1, 0.15) is 11.6 Å². The van der Waals surface area contributed by atoms with Gasteiger partial charge in [-0.15, -0.1) is 0 Å². The van der Waals surface area contributed by atoms with E-state index in [4.69, 9.17) is 15.5 Å². The topological polar surface area (TPSA) is 107 Å². The number of nitrogen functional groups attached to an aromatic ring is 1. The normalized spacial score (nSPS) is 30.7. The number of ether oxygens (including phenoxy) is 1. The lowest BCUT2D eigenvalue weighted by molar-refractivity contribution is 0.0331. The molecule has 2 bridgehead atoms. The van der Waals surface area contributed by atoms with Crippen molar-refractivity contribution < 1.29 is 4.74 Å². The fourth-order valence-corrected chi connectivity index (χ4v) is 8.18. The number of piperazine rings is 1. The fraction of sp³-hybridized carbons (Fsp3) is 0.875. The van der Waals surface area contributed by atoms with E-state index in [0.717, 1.165) is 108 Å². The van der Waals surface area contributed by atoms with Crippen LogP contribution in [-0.2, 0) is 4.74 Å². The molecule has 2 aliphatic heterocycles. The first-order valence-electron chi connectivity index (χ1n) is 17.3. The molecule has 42 heavy (non-hydrogen) atoms. The summed E-state index contributed by atoms with van der Waals surface area (Å²) in [5, 5.41) is 11.1. The average molecular weight is 584 g/mol. The quantitative estimate of drug-likeness (QED) is 0.244. The van der Waals surface area contributed by atoms with Crippen LogP contribution in [0, 0.1) is 23.7 Å². The molecule has 5 aliphatic rings. The van der Waals surface area contributed by atoms with Gasteiger partial charge in [0, 0.05) is 71.0 Å². The lowest BCUT2D eigenvalue weighted by Crippen LogP contribution is -2.49. The molecule has 0 aromatic carbocycles. The van der Waals surface area contributed by atoms with E-state index in [9.17, 15) is 0 Å². The number of hydrogen-bond acceptors (Lipinski definition) is 10. The van der Waals surface area contributed by atoms with Crippen molar-refractivity contribution in [2.24, 2.45) is 23.7 Å². The van der Waals surface area contributed by atoms with Crippen LogP contribution in [-0.4, -0.2) is 118 Å². The first kappa shape index (κ1) is 30.3. The molecule has 2 unspecified atom stereocenters. The van der Waals surface area contributed by atoms with Crippen molar-refractivity contribution in [2.45, 2.75) is 63.8 Å². The van der Waals surface area contributed by atoms with E-state index < -0.39 is 0 Å². The van der Waals surface area contributed by atoms with Crippen molar-refractivity contribution in [1.29, 1.82) is 0 Å².